The second-order valence-electron chi connectivity index (χ2n) is 3.58. The minimum Gasteiger partial charge on any atom is -0.348 e. The summed E-state index contributed by atoms with van der Waals surface area (Å²) < 4.78 is 1.37. The molecule has 0 aliphatic rings. The molecule has 1 unspecified atom stereocenters. The highest BCUT2D eigenvalue weighted by atomic mass is 16.2. The molecule has 1 amide bonds. The minimum atomic E-state index is -0.137. The van der Waals surface area contributed by atoms with Crippen LogP contribution in [0.5, 0.6) is 0 Å². The number of tetrazole rings is 1. The van der Waals surface area contributed by atoms with Crippen LogP contribution in [0.2, 0.25) is 0 Å². The van der Waals surface area contributed by atoms with Crippen molar-refractivity contribution in [2.75, 3.05) is 0 Å². The van der Waals surface area contributed by atoms with E-state index in [9.17, 15) is 4.79 Å². The van der Waals surface area contributed by atoms with Gasteiger partial charge in [-0.05, 0) is 35.0 Å². The third-order valence-electron chi connectivity index (χ3n) is 2.28. The Morgan fingerprint density at radius 1 is 1.47 bits per heavy atom. The van der Waals surface area contributed by atoms with Crippen molar-refractivity contribution in [2.24, 2.45) is 0 Å². The number of pyridine rings is 1. The van der Waals surface area contributed by atoms with Crippen molar-refractivity contribution in [1.29, 1.82) is 0 Å². The van der Waals surface area contributed by atoms with E-state index in [1.165, 1.54) is 11.0 Å². The predicted octanol–water partition coefficient (Wildman–Crippen LogP) is -0.0545. The number of nitrogens with zero attached hydrogens (tertiary/aromatic N) is 5. The number of aromatic nitrogens is 5. The van der Waals surface area contributed by atoms with E-state index in [4.69, 9.17) is 0 Å². The third kappa shape index (κ3) is 3.07. The van der Waals surface area contributed by atoms with E-state index in [0.717, 1.165) is 5.56 Å². The molecule has 0 aromatic carbocycles. The lowest BCUT2D eigenvalue weighted by molar-refractivity contribution is -0.122. The smallest absolute Gasteiger partial charge is 0.242 e. The molecule has 0 aliphatic carbocycles. The molecule has 0 saturated heterocycles. The summed E-state index contributed by atoms with van der Waals surface area (Å²) in [6.07, 6.45) is 4.79. The third-order valence-corrected chi connectivity index (χ3v) is 2.28. The number of nitrogens with one attached hydrogen (secondary N) is 1. The molecule has 7 nitrogen and oxygen atoms in total. The zero-order valence-electron chi connectivity index (χ0n) is 9.32. The largest absolute Gasteiger partial charge is 0.348 e. The molecule has 0 spiro atoms. The maximum Gasteiger partial charge on any atom is 0.242 e. The first-order valence-corrected chi connectivity index (χ1v) is 5.16. The van der Waals surface area contributed by atoms with Crippen molar-refractivity contribution >= 4 is 5.91 Å². The van der Waals surface area contributed by atoms with Crippen molar-refractivity contribution in [3.63, 3.8) is 0 Å². The SMILES string of the molecule is CC(NC(=O)Cn1cnnn1)c1ccncc1. The van der Waals surface area contributed by atoms with E-state index < -0.39 is 0 Å². The molecular weight excluding hydrogens is 220 g/mol. The Kier molecular flexibility index (Phi) is 3.39. The minimum absolute atomic E-state index is 0.0676. The van der Waals surface area contributed by atoms with E-state index in [1.807, 2.05) is 19.1 Å². The number of hydrogen-bond donors (Lipinski definition) is 1. The summed E-state index contributed by atoms with van der Waals surface area (Å²) in [7, 11) is 0. The molecule has 0 bridgehead atoms. The second kappa shape index (κ2) is 5.15. The van der Waals surface area contributed by atoms with Gasteiger partial charge in [-0.3, -0.25) is 9.78 Å². The molecule has 2 heterocycles. The molecule has 1 N–H and O–H groups in total. The van der Waals surface area contributed by atoms with Crippen LogP contribution in [-0.4, -0.2) is 31.1 Å². The van der Waals surface area contributed by atoms with Crippen LogP contribution in [0.25, 0.3) is 0 Å². The lowest BCUT2D eigenvalue weighted by atomic mass is 10.1. The lowest BCUT2D eigenvalue weighted by Gasteiger charge is -2.13. The Bertz CT molecular complexity index is 469. The van der Waals surface area contributed by atoms with Crippen molar-refractivity contribution in [2.45, 2.75) is 19.5 Å². The number of hydrogen-bond acceptors (Lipinski definition) is 5. The fraction of sp³-hybridized carbons (Fsp3) is 0.300. The van der Waals surface area contributed by atoms with Gasteiger partial charge < -0.3 is 5.32 Å². The number of carbonyl (C=O) groups is 1. The van der Waals surface area contributed by atoms with Crippen LogP contribution in [0.3, 0.4) is 0 Å². The normalized spacial score (nSPS) is 12.1. The molecule has 0 aliphatic heterocycles. The average molecular weight is 232 g/mol. The summed E-state index contributed by atoms with van der Waals surface area (Å²) in [5.74, 6) is -0.137. The highest BCUT2D eigenvalue weighted by Gasteiger charge is 2.09. The van der Waals surface area contributed by atoms with E-state index in [-0.39, 0.29) is 18.5 Å². The van der Waals surface area contributed by atoms with Crippen molar-refractivity contribution in [3.05, 3.63) is 36.4 Å². The summed E-state index contributed by atoms with van der Waals surface area (Å²) in [4.78, 5) is 15.6. The van der Waals surface area contributed by atoms with E-state index >= 15 is 0 Å². The van der Waals surface area contributed by atoms with Crippen molar-refractivity contribution < 1.29 is 4.79 Å². The van der Waals surface area contributed by atoms with Gasteiger partial charge in [0, 0.05) is 12.4 Å². The van der Waals surface area contributed by atoms with Gasteiger partial charge in [0.05, 0.1) is 6.04 Å². The van der Waals surface area contributed by atoms with Crippen LogP contribution in [-0.2, 0) is 11.3 Å². The number of rotatable bonds is 4. The van der Waals surface area contributed by atoms with E-state index in [1.54, 1.807) is 12.4 Å². The van der Waals surface area contributed by atoms with Crippen LogP contribution in [0.15, 0.2) is 30.9 Å². The van der Waals surface area contributed by atoms with Crippen LogP contribution >= 0.6 is 0 Å². The average Bonchev–Trinajstić information content (AvgIpc) is 2.82. The second-order valence-corrected chi connectivity index (χ2v) is 3.58. The van der Waals surface area contributed by atoms with Gasteiger partial charge in [0.1, 0.15) is 12.9 Å². The summed E-state index contributed by atoms with van der Waals surface area (Å²) in [5, 5.41) is 13.4. The topological polar surface area (TPSA) is 85.6 Å². The Balaban J connectivity index is 1.91. The van der Waals surface area contributed by atoms with Gasteiger partial charge in [0.2, 0.25) is 5.91 Å². The van der Waals surface area contributed by atoms with Gasteiger partial charge in [0.15, 0.2) is 0 Å². The van der Waals surface area contributed by atoms with Gasteiger partial charge in [-0.25, -0.2) is 4.68 Å². The molecule has 2 rings (SSSR count). The van der Waals surface area contributed by atoms with Gasteiger partial charge in [0.25, 0.3) is 0 Å². The van der Waals surface area contributed by atoms with E-state index in [0.29, 0.717) is 0 Å². The van der Waals surface area contributed by atoms with Crippen LogP contribution in [0.4, 0.5) is 0 Å². The molecule has 0 saturated carbocycles. The number of carbonyl (C=O) groups excluding carboxylic acids is 1. The zero-order chi connectivity index (χ0) is 12.1. The molecule has 0 fully saturated rings. The van der Waals surface area contributed by atoms with Gasteiger partial charge in [-0.2, -0.15) is 0 Å². The molecule has 7 heteroatoms. The lowest BCUT2D eigenvalue weighted by Crippen LogP contribution is -2.30. The molecular formula is C10H12N6O. The van der Waals surface area contributed by atoms with Gasteiger partial charge in [-0.15, -0.1) is 5.10 Å². The Morgan fingerprint density at radius 3 is 2.88 bits per heavy atom. The highest BCUT2D eigenvalue weighted by Crippen LogP contribution is 2.09. The first-order valence-electron chi connectivity index (χ1n) is 5.16. The standard InChI is InChI=1S/C10H12N6O/c1-8(9-2-4-11-5-3-9)13-10(17)6-16-7-12-14-15-16/h2-5,7-8H,6H2,1H3,(H,13,17). The van der Waals surface area contributed by atoms with Crippen molar-refractivity contribution in [3.8, 4) is 0 Å². The molecule has 1 atom stereocenters. The first kappa shape index (κ1) is 11.2. The zero-order valence-corrected chi connectivity index (χ0v) is 9.32. The fourth-order valence-corrected chi connectivity index (χ4v) is 1.42. The van der Waals surface area contributed by atoms with Gasteiger partial charge >= 0.3 is 0 Å². The van der Waals surface area contributed by atoms with Crippen molar-refractivity contribution in [1.82, 2.24) is 30.5 Å². The maximum absolute atomic E-state index is 11.7. The Hall–Kier alpha value is -2.31. The maximum atomic E-state index is 11.7. The molecule has 0 radical (unpaired) electrons. The fourth-order valence-electron chi connectivity index (χ4n) is 1.42. The summed E-state index contributed by atoms with van der Waals surface area (Å²) in [5.41, 5.74) is 1.00. The predicted molar refractivity (Wildman–Crippen MR) is 58.6 cm³/mol. The quantitative estimate of drug-likeness (QED) is 0.798. The van der Waals surface area contributed by atoms with Gasteiger partial charge in [-0.1, -0.05) is 0 Å². The van der Waals surface area contributed by atoms with Crippen LogP contribution in [0.1, 0.15) is 18.5 Å². The Labute approximate surface area is 97.9 Å². The van der Waals surface area contributed by atoms with E-state index in [2.05, 4.69) is 25.8 Å². The molecule has 88 valence electrons. The summed E-state index contributed by atoms with van der Waals surface area (Å²) in [6, 6.07) is 3.66. The molecule has 17 heavy (non-hydrogen) atoms. The first-order chi connectivity index (χ1) is 8.25. The summed E-state index contributed by atoms with van der Waals surface area (Å²) >= 11 is 0. The highest BCUT2D eigenvalue weighted by molar-refractivity contribution is 5.76. The van der Waals surface area contributed by atoms with Crippen LogP contribution < -0.4 is 5.32 Å². The molecule has 2 aromatic heterocycles. The molecule has 2 aromatic rings. The number of amides is 1. The van der Waals surface area contributed by atoms with Crippen LogP contribution in [0, 0.1) is 0 Å². The monoisotopic (exact) mass is 232 g/mol. The Morgan fingerprint density at radius 2 is 2.24 bits per heavy atom. The summed E-state index contributed by atoms with van der Waals surface area (Å²) in [6.45, 7) is 2.02.